The van der Waals surface area contributed by atoms with Gasteiger partial charge in [0.05, 0.1) is 19.8 Å². The van der Waals surface area contributed by atoms with Gasteiger partial charge in [-0.15, -0.1) is 0 Å². The number of hydrogen-bond donors (Lipinski definition) is 3. The van der Waals surface area contributed by atoms with Crippen molar-refractivity contribution in [1.29, 1.82) is 0 Å². The lowest BCUT2D eigenvalue weighted by atomic mass is 10.0. The highest BCUT2D eigenvalue weighted by Crippen LogP contribution is 2.43. The average Bonchev–Trinajstić information content (AvgIpc) is 3.21. The summed E-state index contributed by atoms with van der Waals surface area (Å²) >= 11 is 0. The number of carbonyl (C=O) groups excluding carboxylic acids is 2. The third-order valence-corrected chi connectivity index (χ3v) is 10.4. The number of allylic oxidation sites excluding steroid dienone is 10. The van der Waals surface area contributed by atoms with Crippen molar-refractivity contribution in [3.05, 3.63) is 60.8 Å². The normalized spacial score (nSPS) is 14.4. The lowest BCUT2D eigenvalue weighted by molar-refractivity contribution is -0.161. The topological polar surface area (TPSA) is 149 Å². The van der Waals surface area contributed by atoms with Crippen molar-refractivity contribution in [1.82, 2.24) is 0 Å². The second-order valence-corrected chi connectivity index (χ2v) is 16.5. The van der Waals surface area contributed by atoms with E-state index in [1.165, 1.54) is 89.9 Å². The molecule has 10 nitrogen and oxygen atoms in total. The van der Waals surface area contributed by atoms with Crippen molar-refractivity contribution < 1.29 is 47.8 Å². The van der Waals surface area contributed by atoms with Crippen LogP contribution < -0.4 is 0 Å². The molecule has 0 saturated heterocycles. The summed E-state index contributed by atoms with van der Waals surface area (Å²) in [6.07, 6.45) is 47.7. The molecule has 0 heterocycles. The summed E-state index contributed by atoms with van der Waals surface area (Å²) < 4.78 is 32.7. The van der Waals surface area contributed by atoms with Crippen LogP contribution in [0.2, 0.25) is 0 Å². The molecule has 0 fully saturated rings. The molecule has 0 aromatic carbocycles. The van der Waals surface area contributed by atoms with Crippen molar-refractivity contribution in [2.24, 2.45) is 0 Å². The number of unbranched alkanes of at least 4 members (excludes halogenated alkanes) is 18. The van der Waals surface area contributed by atoms with E-state index in [1.807, 2.05) is 12.2 Å². The predicted molar refractivity (Wildman–Crippen MR) is 237 cm³/mol. The molecule has 0 radical (unpaired) electrons. The van der Waals surface area contributed by atoms with Gasteiger partial charge in [0.2, 0.25) is 0 Å². The van der Waals surface area contributed by atoms with E-state index in [1.54, 1.807) is 0 Å². The smallest absolute Gasteiger partial charge is 0.462 e. The Kier molecular flexibility index (Phi) is 41.1. The first-order valence-electron chi connectivity index (χ1n) is 22.7. The second-order valence-electron chi connectivity index (χ2n) is 15.1. The van der Waals surface area contributed by atoms with Gasteiger partial charge < -0.3 is 24.6 Å². The fourth-order valence-electron chi connectivity index (χ4n) is 5.97. The number of hydrogen-bond acceptors (Lipinski definition) is 9. The fraction of sp³-hybridized carbons (Fsp3) is 0.745. The number of phosphoric ester groups is 1. The first kappa shape index (κ1) is 55.7. The average molecular weight is 839 g/mol. The second kappa shape index (κ2) is 42.8. The third kappa shape index (κ3) is 41.8. The van der Waals surface area contributed by atoms with Gasteiger partial charge in [0.1, 0.15) is 12.7 Å². The van der Waals surface area contributed by atoms with E-state index >= 15 is 0 Å². The molecule has 0 aromatic heterocycles. The van der Waals surface area contributed by atoms with Gasteiger partial charge in [-0.05, 0) is 51.4 Å². The minimum absolute atomic E-state index is 0.105. The van der Waals surface area contributed by atoms with Crippen LogP contribution in [0.5, 0.6) is 0 Å². The van der Waals surface area contributed by atoms with Gasteiger partial charge in [-0.1, -0.05) is 184 Å². The molecule has 0 bridgehead atoms. The van der Waals surface area contributed by atoms with Gasteiger partial charge in [0.25, 0.3) is 0 Å². The van der Waals surface area contributed by atoms with E-state index in [9.17, 15) is 24.2 Å². The van der Waals surface area contributed by atoms with Crippen molar-refractivity contribution in [3.8, 4) is 0 Å². The first-order valence-corrected chi connectivity index (χ1v) is 24.2. The Morgan fingerprint density at radius 1 is 0.534 bits per heavy atom. The van der Waals surface area contributed by atoms with Crippen molar-refractivity contribution in [2.75, 3.05) is 26.4 Å². The molecular weight excluding hydrogens is 755 g/mol. The molecule has 11 heteroatoms. The molecule has 0 aliphatic heterocycles. The Bertz CT molecular complexity index is 1150. The van der Waals surface area contributed by atoms with Crippen LogP contribution in [0.15, 0.2) is 60.8 Å². The van der Waals surface area contributed by atoms with Gasteiger partial charge in [-0.3, -0.25) is 18.6 Å². The standard InChI is InChI=1S/C47H83O10P/c1-3-5-7-9-11-13-15-17-19-21-23-24-26-28-30-32-34-36-38-46(50)54-42-45(43-56-58(52,53)55-41-44(49)40-48)57-47(51)39-37-35-33-31-29-27-25-22-20-18-16-14-12-10-8-6-4-2/h6,8,12,14,18,20,25,27,31,33,44-45,48-49H,3-5,7,9-11,13,15-17,19,21-24,26,28-30,32,34-43H2,1-2H3,(H,52,53)/b8-6-,14-12-,20-18-,27-25-,33-31-/t44-,45+/m0/s1. The number of esters is 2. The van der Waals surface area contributed by atoms with Crippen molar-refractivity contribution in [3.63, 3.8) is 0 Å². The Morgan fingerprint density at radius 2 is 0.948 bits per heavy atom. The van der Waals surface area contributed by atoms with Crippen LogP contribution in [0.25, 0.3) is 0 Å². The molecule has 0 saturated carbocycles. The van der Waals surface area contributed by atoms with E-state index in [2.05, 4.69) is 67.0 Å². The van der Waals surface area contributed by atoms with Gasteiger partial charge >= 0.3 is 19.8 Å². The Labute approximate surface area is 353 Å². The number of phosphoric acid groups is 1. The van der Waals surface area contributed by atoms with Crippen LogP contribution in [0.4, 0.5) is 0 Å². The summed E-state index contributed by atoms with van der Waals surface area (Å²) in [7, 11) is -4.64. The van der Waals surface area contributed by atoms with E-state index in [0.29, 0.717) is 19.3 Å². The molecular formula is C47H83O10P. The van der Waals surface area contributed by atoms with Crippen LogP contribution in [-0.2, 0) is 32.7 Å². The maximum Gasteiger partial charge on any atom is 0.472 e. The molecule has 0 spiro atoms. The lowest BCUT2D eigenvalue weighted by Gasteiger charge is -2.20. The Morgan fingerprint density at radius 3 is 1.41 bits per heavy atom. The van der Waals surface area contributed by atoms with Crippen LogP contribution in [0.3, 0.4) is 0 Å². The SMILES string of the molecule is CC/C=C\C/C=C\C/C=C\C/C=C\C/C=C\CCCC(=O)O[C@H](COC(=O)CCCCCCCCCCCCCCCCCCCC)COP(=O)(O)OC[C@@H](O)CO. The molecule has 1 unspecified atom stereocenters. The zero-order chi connectivity index (χ0) is 42.6. The van der Waals surface area contributed by atoms with Gasteiger partial charge in [0.15, 0.2) is 6.10 Å². The van der Waals surface area contributed by atoms with Crippen LogP contribution >= 0.6 is 7.82 Å². The largest absolute Gasteiger partial charge is 0.472 e. The van der Waals surface area contributed by atoms with Gasteiger partial charge in [-0.25, -0.2) is 4.57 Å². The van der Waals surface area contributed by atoms with E-state index < -0.39 is 51.8 Å². The monoisotopic (exact) mass is 839 g/mol. The fourth-order valence-corrected chi connectivity index (χ4v) is 6.76. The van der Waals surface area contributed by atoms with Crippen molar-refractivity contribution >= 4 is 19.8 Å². The number of aliphatic hydroxyl groups excluding tert-OH is 2. The summed E-state index contributed by atoms with van der Waals surface area (Å²) in [5, 5.41) is 18.3. The van der Waals surface area contributed by atoms with Crippen molar-refractivity contribution in [2.45, 2.75) is 199 Å². The highest BCUT2D eigenvalue weighted by Gasteiger charge is 2.27. The predicted octanol–water partition coefficient (Wildman–Crippen LogP) is 12.3. The van der Waals surface area contributed by atoms with Crippen LogP contribution in [0.1, 0.15) is 187 Å². The van der Waals surface area contributed by atoms with Crippen LogP contribution in [0, 0.1) is 0 Å². The highest BCUT2D eigenvalue weighted by atomic mass is 31.2. The molecule has 3 N–H and O–H groups in total. The molecule has 58 heavy (non-hydrogen) atoms. The van der Waals surface area contributed by atoms with E-state index in [4.69, 9.17) is 19.1 Å². The maximum atomic E-state index is 12.6. The zero-order valence-electron chi connectivity index (χ0n) is 36.5. The summed E-state index contributed by atoms with van der Waals surface area (Å²) in [6, 6.07) is 0. The molecule has 0 amide bonds. The zero-order valence-corrected chi connectivity index (χ0v) is 37.4. The Hall–Kier alpha value is -2.33. The molecule has 0 aromatic rings. The van der Waals surface area contributed by atoms with E-state index in [-0.39, 0.29) is 19.4 Å². The van der Waals surface area contributed by atoms with Gasteiger partial charge in [0, 0.05) is 12.8 Å². The first-order chi connectivity index (χ1) is 28.2. The van der Waals surface area contributed by atoms with Crippen LogP contribution in [-0.4, -0.2) is 65.7 Å². The summed E-state index contributed by atoms with van der Waals surface area (Å²) in [5.74, 6) is -0.990. The number of aliphatic hydroxyl groups is 2. The molecule has 0 aliphatic rings. The molecule has 3 atom stereocenters. The maximum absolute atomic E-state index is 12.6. The lowest BCUT2D eigenvalue weighted by Crippen LogP contribution is -2.29. The summed E-state index contributed by atoms with van der Waals surface area (Å²) in [4.78, 5) is 35.0. The molecule has 336 valence electrons. The Balaban J connectivity index is 4.34. The number of rotatable bonds is 42. The quantitative estimate of drug-likeness (QED) is 0.0235. The summed E-state index contributed by atoms with van der Waals surface area (Å²) in [6.45, 7) is 2.21. The highest BCUT2D eigenvalue weighted by molar-refractivity contribution is 7.47. The minimum Gasteiger partial charge on any atom is -0.462 e. The third-order valence-electron chi connectivity index (χ3n) is 9.44. The van der Waals surface area contributed by atoms with E-state index in [0.717, 1.165) is 51.4 Å². The van der Waals surface area contributed by atoms with Gasteiger partial charge in [-0.2, -0.15) is 0 Å². The number of carbonyl (C=O) groups is 2. The number of ether oxygens (including phenoxy) is 2. The molecule has 0 aliphatic carbocycles. The molecule has 0 rings (SSSR count). The minimum atomic E-state index is -4.64. The summed E-state index contributed by atoms with van der Waals surface area (Å²) in [5.41, 5.74) is 0.